The van der Waals surface area contributed by atoms with E-state index < -0.39 is 21.7 Å². The number of aliphatic imine (C=N–C) groups is 1. The first-order valence-electron chi connectivity index (χ1n) is 8.43. The molecule has 0 N–H and O–H groups in total. The number of amidine groups is 1. The van der Waals surface area contributed by atoms with Gasteiger partial charge >= 0.3 is 0 Å². The molecule has 0 bridgehead atoms. The first kappa shape index (κ1) is 19.8. The molecule has 2 saturated heterocycles. The molecule has 1 aromatic rings. The van der Waals surface area contributed by atoms with Gasteiger partial charge in [-0.05, 0) is 30.5 Å². The van der Waals surface area contributed by atoms with E-state index in [1.54, 1.807) is 17.0 Å². The van der Waals surface area contributed by atoms with Gasteiger partial charge in [-0.1, -0.05) is 23.9 Å². The average Bonchev–Trinajstić information content (AvgIpc) is 3.02. The normalized spacial score (nSPS) is 24.9. The van der Waals surface area contributed by atoms with E-state index in [9.17, 15) is 27.5 Å². The van der Waals surface area contributed by atoms with E-state index in [1.165, 1.54) is 23.9 Å². The highest BCUT2D eigenvalue weighted by Crippen LogP contribution is 2.39. The van der Waals surface area contributed by atoms with Crippen LogP contribution in [0.15, 0.2) is 29.3 Å². The van der Waals surface area contributed by atoms with Gasteiger partial charge in [0.2, 0.25) is 5.91 Å². The third kappa shape index (κ3) is 5.07. The van der Waals surface area contributed by atoms with Crippen molar-refractivity contribution in [1.29, 1.82) is 0 Å². The molecule has 2 fully saturated rings. The highest BCUT2D eigenvalue weighted by Gasteiger charge is 2.48. The maximum Gasteiger partial charge on any atom is 0.248 e. The third-order valence-corrected chi connectivity index (χ3v) is 7.68. The number of aliphatic carboxylic acids is 1. The predicted octanol–water partition coefficient (Wildman–Crippen LogP) is 0.343. The molecule has 2 heterocycles. The number of halogens is 1. The molecule has 2 aliphatic heterocycles. The molecule has 2 aliphatic rings. The number of hydrogen-bond donors (Lipinski definition) is 0. The second kappa shape index (κ2) is 7.97. The van der Waals surface area contributed by atoms with E-state index >= 15 is 0 Å². The minimum atomic E-state index is -3.15. The number of thioether (sulfide) groups is 1. The maximum absolute atomic E-state index is 13.1. The Bertz CT molecular complexity index is 870. The van der Waals surface area contributed by atoms with Crippen LogP contribution in [-0.4, -0.2) is 53.2 Å². The van der Waals surface area contributed by atoms with Crippen molar-refractivity contribution in [3.05, 3.63) is 35.6 Å². The molecule has 0 unspecified atom stereocenters. The van der Waals surface area contributed by atoms with Crippen molar-refractivity contribution >= 4 is 38.6 Å². The summed E-state index contributed by atoms with van der Waals surface area (Å²) in [5.41, 5.74) is 0.777. The van der Waals surface area contributed by atoms with Gasteiger partial charge in [-0.25, -0.2) is 12.8 Å². The van der Waals surface area contributed by atoms with Gasteiger partial charge in [-0.15, -0.1) is 0 Å². The fraction of sp³-hybridized carbons (Fsp3) is 0.471. The molecule has 27 heavy (non-hydrogen) atoms. The number of fused-ring (bicyclic) bond motifs is 1. The second-order valence-corrected chi connectivity index (χ2v) is 9.93. The van der Waals surface area contributed by atoms with Crippen LogP contribution in [-0.2, 0) is 26.0 Å². The Balaban J connectivity index is 1.77. The lowest BCUT2D eigenvalue weighted by atomic mass is 10.1. The van der Waals surface area contributed by atoms with Crippen molar-refractivity contribution in [2.45, 2.75) is 37.1 Å². The molecule has 1 aromatic carbocycles. The standard InChI is InChI=1S/C17H19FN2O5S2/c18-12-6-4-11(5-7-12)8-20-13-9-27(24,25)10-14(13)26-17(20)19-15(21)2-1-3-16(22)23/h4-7,13-14H,1-3,8-10H2,(H,22,23)/p-1/t13-,14-/m1/s1. The SMILES string of the molecule is O=C([O-])CCCC(=O)N=C1S[C@@H]2CS(=O)(=O)C[C@H]2N1Cc1ccc(F)cc1. The molecular formula is C17H18FN2O5S2-. The van der Waals surface area contributed by atoms with Crippen LogP contribution in [0.1, 0.15) is 24.8 Å². The molecule has 0 radical (unpaired) electrons. The predicted molar refractivity (Wildman–Crippen MR) is 97.1 cm³/mol. The van der Waals surface area contributed by atoms with Crippen molar-refractivity contribution < 1.29 is 27.5 Å². The number of carboxylic acid groups (broad SMARTS) is 1. The summed E-state index contributed by atoms with van der Waals surface area (Å²) in [7, 11) is -3.15. The zero-order valence-corrected chi connectivity index (χ0v) is 16.0. The summed E-state index contributed by atoms with van der Waals surface area (Å²) in [6.45, 7) is 0.315. The number of carboxylic acids is 1. The van der Waals surface area contributed by atoms with Crippen LogP contribution in [0.5, 0.6) is 0 Å². The van der Waals surface area contributed by atoms with E-state index in [2.05, 4.69) is 4.99 Å². The second-order valence-electron chi connectivity index (χ2n) is 6.57. The van der Waals surface area contributed by atoms with E-state index in [1.807, 2.05) is 0 Å². The molecule has 3 rings (SSSR count). The fourth-order valence-electron chi connectivity index (χ4n) is 3.15. The summed E-state index contributed by atoms with van der Waals surface area (Å²) in [5, 5.41) is 10.7. The van der Waals surface area contributed by atoms with Crippen LogP contribution in [0.3, 0.4) is 0 Å². The van der Waals surface area contributed by atoms with Crippen LogP contribution in [0.25, 0.3) is 0 Å². The minimum Gasteiger partial charge on any atom is -0.550 e. The largest absolute Gasteiger partial charge is 0.550 e. The Morgan fingerprint density at radius 3 is 2.59 bits per heavy atom. The summed E-state index contributed by atoms with van der Waals surface area (Å²) < 4.78 is 37.1. The average molecular weight is 413 g/mol. The summed E-state index contributed by atoms with van der Waals surface area (Å²) in [6.07, 6.45) is -0.0929. The Kier molecular flexibility index (Phi) is 5.85. The van der Waals surface area contributed by atoms with Crippen molar-refractivity contribution in [3.63, 3.8) is 0 Å². The molecule has 1 amide bonds. The van der Waals surface area contributed by atoms with Crippen LogP contribution in [0.2, 0.25) is 0 Å². The number of hydrogen-bond acceptors (Lipinski definition) is 6. The molecule has 0 aliphatic carbocycles. The van der Waals surface area contributed by atoms with Crippen LogP contribution in [0, 0.1) is 5.82 Å². The lowest BCUT2D eigenvalue weighted by Crippen LogP contribution is -2.37. The van der Waals surface area contributed by atoms with Gasteiger partial charge in [-0.3, -0.25) is 4.79 Å². The molecule has 7 nitrogen and oxygen atoms in total. The molecule has 146 valence electrons. The Labute approximate surface area is 160 Å². The summed E-state index contributed by atoms with van der Waals surface area (Å²) in [6, 6.07) is 5.57. The fourth-order valence-corrected chi connectivity index (χ4v) is 7.12. The molecule has 0 saturated carbocycles. The molecular weight excluding hydrogens is 395 g/mol. The number of benzene rings is 1. The molecule has 2 atom stereocenters. The van der Waals surface area contributed by atoms with Crippen molar-refractivity contribution in [1.82, 2.24) is 4.90 Å². The van der Waals surface area contributed by atoms with Gasteiger partial charge in [0.15, 0.2) is 15.0 Å². The summed E-state index contributed by atoms with van der Waals surface area (Å²) >= 11 is 1.26. The van der Waals surface area contributed by atoms with Crippen LogP contribution < -0.4 is 5.11 Å². The van der Waals surface area contributed by atoms with Gasteiger partial charge in [-0.2, -0.15) is 4.99 Å². The zero-order chi connectivity index (χ0) is 19.6. The first-order valence-corrected chi connectivity index (χ1v) is 11.1. The highest BCUT2D eigenvalue weighted by atomic mass is 32.2. The number of sulfone groups is 1. The maximum atomic E-state index is 13.1. The third-order valence-electron chi connectivity index (χ3n) is 4.43. The van der Waals surface area contributed by atoms with Crippen LogP contribution in [0.4, 0.5) is 4.39 Å². The van der Waals surface area contributed by atoms with Crippen molar-refractivity contribution in [2.24, 2.45) is 4.99 Å². The van der Waals surface area contributed by atoms with Gasteiger partial charge in [0.1, 0.15) is 5.82 Å². The van der Waals surface area contributed by atoms with Gasteiger partial charge < -0.3 is 14.8 Å². The monoisotopic (exact) mass is 413 g/mol. The quantitative estimate of drug-likeness (QED) is 0.662. The van der Waals surface area contributed by atoms with E-state index in [0.717, 1.165) is 5.56 Å². The summed E-state index contributed by atoms with van der Waals surface area (Å²) in [5.74, 6) is -2.02. The van der Waals surface area contributed by atoms with E-state index in [-0.39, 0.29) is 47.9 Å². The Hall–Kier alpha value is -1.94. The Morgan fingerprint density at radius 2 is 1.93 bits per heavy atom. The van der Waals surface area contributed by atoms with E-state index in [0.29, 0.717) is 11.7 Å². The number of carbonyl (C=O) groups excluding carboxylic acids is 2. The van der Waals surface area contributed by atoms with Gasteiger partial charge in [0.25, 0.3) is 0 Å². The minimum absolute atomic E-state index is 0.0102. The van der Waals surface area contributed by atoms with E-state index in [4.69, 9.17) is 0 Å². The van der Waals surface area contributed by atoms with Gasteiger partial charge in [0.05, 0.1) is 17.5 Å². The topological polar surface area (TPSA) is 107 Å². The van der Waals surface area contributed by atoms with Crippen molar-refractivity contribution in [2.75, 3.05) is 11.5 Å². The molecule has 10 heteroatoms. The highest BCUT2D eigenvalue weighted by molar-refractivity contribution is 8.15. The lowest BCUT2D eigenvalue weighted by Gasteiger charge is -2.24. The van der Waals surface area contributed by atoms with Crippen LogP contribution >= 0.6 is 11.8 Å². The lowest BCUT2D eigenvalue weighted by molar-refractivity contribution is -0.305. The number of rotatable bonds is 6. The zero-order valence-electron chi connectivity index (χ0n) is 14.3. The summed E-state index contributed by atoms with van der Waals surface area (Å²) in [4.78, 5) is 28.4. The van der Waals surface area contributed by atoms with Crippen molar-refractivity contribution in [3.8, 4) is 0 Å². The number of nitrogens with zero attached hydrogens (tertiary/aromatic N) is 2. The first-order chi connectivity index (χ1) is 12.7. The molecule has 0 aromatic heterocycles. The number of amides is 1. The van der Waals surface area contributed by atoms with Gasteiger partial charge in [0, 0.05) is 24.2 Å². The Morgan fingerprint density at radius 1 is 1.22 bits per heavy atom. The smallest absolute Gasteiger partial charge is 0.248 e. The molecule has 0 spiro atoms. The number of carbonyl (C=O) groups is 2.